The van der Waals surface area contributed by atoms with Crippen LogP contribution in [0.1, 0.15) is 15.9 Å². The first-order chi connectivity index (χ1) is 8.08. The molecule has 90 valence electrons. The number of ether oxygens (including phenoxy) is 2. The number of benzene rings is 1. The predicted octanol–water partition coefficient (Wildman–Crippen LogP) is 0.758. The molecule has 0 amide bonds. The average molecular weight is 236 g/mol. The van der Waals surface area contributed by atoms with Crippen LogP contribution in [-0.2, 0) is 25.5 Å². The number of hydrogen-bond donors (Lipinski definition) is 0. The summed E-state index contributed by atoms with van der Waals surface area (Å²) in [4.78, 5) is 33.3. The van der Waals surface area contributed by atoms with Crippen LogP contribution in [0.3, 0.4) is 0 Å². The summed E-state index contributed by atoms with van der Waals surface area (Å²) in [7, 11) is 2.44. The molecule has 0 heterocycles. The largest absolute Gasteiger partial charge is 0.465 e. The Bertz CT molecular complexity index is 433. The predicted molar refractivity (Wildman–Crippen MR) is 58.5 cm³/mol. The zero-order valence-corrected chi connectivity index (χ0v) is 9.56. The zero-order chi connectivity index (χ0) is 12.8. The van der Waals surface area contributed by atoms with E-state index >= 15 is 0 Å². The molecule has 1 aromatic rings. The van der Waals surface area contributed by atoms with Crippen LogP contribution in [0.5, 0.6) is 0 Å². The van der Waals surface area contributed by atoms with Gasteiger partial charge < -0.3 is 9.47 Å². The molecule has 1 aromatic carbocycles. The van der Waals surface area contributed by atoms with Crippen molar-refractivity contribution < 1.29 is 23.9 Å². The van der Waals surface area contributed by atoms with Gasteiger partial charge in [0.15, 0.2) is 0 Å². The third kappa shape index (κ3) is 3.41. The summed E-state index contributed by atoms with van der Waals surface area (Å²) >= 11 is 0. The van der Waals surface area contributed by atoms with Crippen molar-refractivity contribution >= 4 is 17.7 Å². The Balaban J connectivity index is 2.72. The first-order valence-corrected chi connectivity index (χ1v) is 4.87. The topological polar surface area (TPSA) is 69.7 Å². The lowest BCUT2D eigenvalue weighted by atomic mass is 10.1. The number of carbonyl (C=O) groups excluding carboxylic acids is 3. The van der Waals surface area contributed by atoms with E-state index in [1.165, 1.54) is 19.2 Å². The minimum atomic E-state index is -0.873. The summed E-state index contributed by atoms with van der Waals surface area (Å²) in [5.41, 5.74) is 1.02. The highest BCUT2D eigenvalue weighted by Crippen LogP contribution is 2.07. The van der Waals surface area contributed by atoms with Gasteiger partial charge in [-0.2, -0.15) is 0 Å². The normalized spacial score (nSPS) is 9.53. The van der Waals surface area contributed by atoms with Gasteiger partial charge >= 0.3 is 11.9 Å². The fraction of sp³-hybridized carbons (Fsp3) is 0.250. The standard InChI is InChI=1S/C12H12O5/c1-16-11(14)9-5-3-8(4-6-9)7-10(13)12(15)17-2/h3-6H,7H2,1-2H3. The van der Waals surface area contributed by atoms with Crippen molar-refractivity contribution in [3.63, 3.8) is 0 Å². The molecular formula is C12H12O5. The molecule has 1 rings (SSSR count). The minimum Gasteiger partial charge on any atom is -0.465 e. The highest BCUT2D eigenvalue weighted by Gasteiger charge is 2.14. The summed E-state index contributed by atoms with van der Waals surface area (Å²) in [6.45, 7) is 0. The lowest BCUT2D eigenvalue weighted by Crippen LogP contribution is -2.17. The summed E-state index contributed by atoms with van der Waals surface area (Å²) in [6.07, 6.45) is -0.0475. The van der Waals surface area contributed by atoms with Gasteiger partial charge in [-0.3, -0.25) is 4.79 Å². The van der Waals surface area contributed by atoms with Crippen LogP contribution in [0.4, 0.5) is 0 Å². The smallest absolute Gasteiger partial charge is 0.374 e. The van der Waals surface area contributed by atoms with Gasteiger partial charge in [-0.05, 0) is 17.7 Å². The van der Waals surface area contributed by atoms with Crippen molar-refractivity contribution in [1.29, 1.82) is 0 Å². The number of ketones is 1. The summed E-state index contributed by atoms with van der Waals surface area (Å²) in [5.74, 6) is -1.95. The number of carbonyl (C=O) groups is 3. The number of hydrogen-bond acceptors (Lipinski definition) is 5. The maximum atomic E-state index is 11.3. The average Bonchev–Trinajstić information content (AvgIpc) is 2.37. The summed E-state index contributed by atoms with van der Waals surface area (Å²) in [6, 6.07) is 6.25. The lowest BCUT2D eigenvalue weighted by molar-refractivity contribution is -0.151. The SMILES string of the molecule is COC(=O)C(=O)Cc1ccc(C(=O)OC)cc1. The lowest BCUT2D eigenvalue weighted by Gasteiger charge is -2.02. The minimum absolute atomic E-state index is 0.0475. The van der Waals surface area contributed by atoms with Gasteiger partial charge in [-0.15, -0.1) is 0 Å². The van der Waals surface area contributed by atoms with Crippen LogP contribution in [0.15, 0.2) is 24.3 Å². The molecule has 0 radical (unpaired) electrons. The molecule has 5 nitrogen and oxygen atoms in total. The highest BCUT2D eigenvalue weighted by atomic mass is 16.5. The van der Waals surface area contributed by atoms with E-state index in [-0.39, 0.29) is 6.42 Å². The second-order valence-electron chi connectivity index (χ2n) is 3.28. The first-order valence-electron chi connectivity index (χ1n) is 4.87. The highest BCUT2D eigenvalue weighted by molar-refractivity contribution is 6.34. The number of esters is 2. The van der Waals surface area contributed by atoms with Gasteiger partial charge in [-0.1, -0.05) is 12.1 Å². The van der Waals surface area contributed by atoms with Crippen LogP contribution in [0.2, 0.25) is 0 Å². The van der Waals surface area contributed by atoms with Gasteiger partial charge in [0.25, 0.3) is 0 Å². The Morgan fingerprint density at radius 2 is 1.59 bits per heavy atom. The van der Waals surface area contributed by atoms with E-state index in [2.05, 4.69) is 9.47 Å². The second-order valence-corrected chi connectivity index (χ2v) is 3.28. The Morgan fingerprint density at radius 1 is 1.00 bits per heavy atom. The molecule has 0 unspecified atom stereocenters. The first kappa shape index (κ1) is 12.9. The van der Waals surface area contributed by atoms with E-state index < -0.39 is 17.7 Å². The van der Waals surface area contributed by atoms with Crippen LogP contribution in [0, 0.1) is 0 Å². The maximum absolute atomic E-state index is 11.3. The van der Waals surface area contributed by atoms with Crippen molar-refractivity contribution in [3.8, 4) is 0 Å². The molecule has 0 saturated carbocycles. The van der Waals surface area contributed by atoms with Crippen LogP contribution >= 0.6 is 0 Å². The van der Waals surface area contributed by atoms with Gasteiger partial charge in [0.1, 0.15) is 0 Å². The molecule has 17 heavy (non-hydrogen) atoms. The molecule has 0 saturated heterocycles. The Kier molecular flexibility index (Phi) is 4.39. The Hall–Kier alpha value is -2.17. The molecular weight excluding hydrogens is 224 g/mol. The number of rotatable bonds is 4. The second kappa shape index (κ2) is 5.79. The van der Waals surface area contributed by atoms with Gasteiger partial charge in [-0.25, -0.2) is 9.59 Å². The summed E-state index contributed by atoms with van der Waals surface area (Å²) in [5, 5.41) is 0. The van der Waals surface area contributed by atoms with Gasteiger partial charge in [0, 0.05) is 6.42 Å². The quantitative estimate of drug-likeness (QED) is 0.570. The molecule has 0 aliphatic rings. The molecule has 5 heteroatoms. The van der Waals surface area contributed by atoms with Crippen molar-refractivity contribution in [3.05, 3.63) is 35.4 Å². The fourth-order valence-electron chi connectivity index (χ4n) is 1.25. The Labute approximate surface area is 98.3 Å². The fourth-order valence-corrected chi connectivity index (χ4v) is 1.25. The molecule has 0 N–H and O–H groups in total. The Morgan fingerprint density at radius 3 is 2.06 bits per heavy atom. The maximum Gasteiger partial charge on any atom is 0.374 e. The summed E-state index contributed by atoms with van der Waals surface area (Å²) < 4.78 is 8.83. The zero-order valence-electron chi connectivity index (χ0n) is 9.56. The van der Waals surface area contributed by atoms with E-state index in [0.717, 1.165) is 7.11 Å². The molecule has 0 fully saturated rings. The van der Waals surface area contributed by atoms with E-state index in [0.29, 0.717) is 11.1 Å². The van der Waals surface area contributed by atoms with E-state index in [9.17, 15) is 14.4 Å². The van der Waals surface area contributed by atoms with Gasteiger partial charge in [0.05, 0.1) is 19.8 Å². The van der Waals surface area contributed by atoms with Crippen molar-refractivity contribution in [2.45, 2.75) is 6.42 Å². The molecule has 0 spiro atoms. The van der Waals surface area contributed by atoms with E-state index in [1.807, 2.05) is 0 Å². The molecule has 0 aliphatic carbocycles. The van der Waals surface area contributed by atoms with Crippen molar-refractivity contribution in [2.75, 3.05) is 14.2 Å². The number of Topliss-reactive ketones (excluding diaryl/α,β-unsaturated/α-hetero) is 1. The van der Waals surface area contributed by atoms with Crippen LogP contribution in [-0.4, -0.2) is 31.9 Å². The molecule has 0 bridgehead atoms. The molecule has 0 aliphatic heterocycles. The van der Waals surface area contributed by atoms with E-state index in [4.69, 9.17) is 0 Å². The van der Waals surface area contributed by atoms with E-state index in [1.54, 1.807) is 12.1 Å². The molecule has 0 atom stereocenters. The number of methoxy groups -OCH3 is 2. The van der Waals surface area contributed by atoms with Crippen LogP contribution < -0.4 is 0 Å². The monoisotopic (exact) mass is 236 g/mol. The van der Waals surface area contributed by atoms with Crippen molar-refractivity contribution in [2.24, 2.45) is 0 Å². The third-order valence-electron chi connectivity index (χ3n) is 2.15. The van der Waals surface area contributed by atoms with Crippen molar-refractivity contribution in [1.82, 2.24) is 0 Å². The van der Waals surface area contributed by atoms with Crippen LogP contribution in [0.25, 0.3) is 0 Å². The molecule has 0 aromatic heterocycles. The third-order valence-corrected chi connectivity index (χ3v) is 2.15. The van der Waals surface area contributed by atoms with Gasteiger partial charge in [0.2, 0.25) is 5.78 Å².